The zero-order valence-electron chi connectivity index (χ0n) is 10.1. The average molecular weight is 255 g/mol. The summed E-state index contributed by atoms with van der Waals surface area (Å²) >= 11 is 0. The van der Waals surface area contributed by atoms with E-state index in [1.165, 1.54) is 6.08 Å². The summed E-state index contributed by atoms with van der Waals surface area (Å²) < 4.78 is 10.2. The van der Waals surface area contributed by atoms with Crippen LogP contribution in [0.1, 0.15) is 12.8 Å². The number of hydrogen-bond donors (Lipinski definition) is 1. The normalized spacial score (nSPS) is 25.3. The summed E-state index contributed by atoms with van der Waals surface area (Å²) in [7, 11) is 0. The Bertz CT molecular complexity index is 351. The lowest BCUT2D eigenvalue weighted by Gasteiger charge is -2.51. The summed E-state index contributed by atoms with van der Waals surface area (Å²) in [4.78, 5) is 23.9. The van der Waals surface area contributed by atoms with Crippen LogP contribution in [0.2, 0.25) is 0 Å². The van der Waals surface area contributed by atoms with Crippen LogP contribution in [0.3, 0.4) is 0 Å². The molecule has 2 saturated heterocycles. The molecule has 1 spiro atoms. The molecule has 1 amide bonds. The van der Waals surface area contributed by atoms with E-state index < -0.39 is 12.1 Å². The molecule has 0 radical (unpaired) electrons. The quantitative estimate of drug-likeness (QED) is 0.757. The fourth-order valence-corrected chi connectivity index (χ4v) is 2.43. The number of nitrogens with zero attached hydrogens (tertiary/aromatic N) is 1. The molecule has 18 heavy (non-hydrogen) atoms. The van der Waals surface area contributed by atoms with E-state index >= 15 is 0 Å². The van der Waals surface area contributed by atoms with Gasteiger partial charge < -0.3 is 19.5 Å². The Morgan fingerprint density at radius 1 is 1.56 bits per heavy atom. The van der Waals surface area contributed by atoms with Crippen LogP contribution in [-0.2, 0) is 14.3 Å². The van der Waals surface area contributed by atoms with Gasteiger partial charge in [-0.15, -0.1) is 0 Å². The molecule has 0 aromatic heterocycles. The molecule has 2 aliphatic rings. The third-order valence-corrected chi connectivity index (χ3v) is 3.44. The standard InChI is InChI=1S/C12H17NO5/c1-2-5-17-11(16)13-6-12(7-13)4-3-9(10(14)15)18-8-12/h2,9H,1,3-8H2,(H,14,15). The maximum atomic E-state index is 11.5. The number of carboxylic acid groups (broad SMARTS) is 1. The second kappa shape index (κ2) is 4.97. The number of carbonyl (C=O) groups is 2. The summed E-state index contributed by atoms with van der Waals surface area (Å²) in [5.41, 5.74) is -0.0703. The highest BCUT2D eigenvalue weighted by molar-refractivity contribution is 5.72. The van der Waals surface area contributed by atoms with E-state index in [2.05, 4.69) is 6.58 Å². The van der Waals surface area contributed by atoms with Crippen molar-refractivity contribution in [2.45, 2.75) is 18.9 Å². The highest BCUT2D eigenvalue weighted by Crippen LogP contribution is 2.39. The molecule has 100 valence electrons. The number of hydrogen-bond acceptors (Lipinski definition) is 4. The van der Waals surface area contributed by atoms with Gasteiger partial charge in [-0.1, -0.05) is 12.7 Å². The molecule has 1 N–H and O–H groups in total. The number of ether oxygens (including phenoxy) is 2. The molecule has 6 heteroatoms. The minimum Gasteiger partial charge on any atom is -0.479 e. The van der Waals surface area contributed by atoms with Gasteiger partial charge in [0.2, 0.25) is 0 Å². The first-order valence-electron chi connectivity index (χ1n) is 5.93. The highest BCUT2D eigenvalue weighted by atomic mass is 16.6. The van der Waals surface area contributed by atoms with Gasteiger partial charge in [-0.3, -0.25) is 0 Å². The van der Waals surface area contributed by atoms with E-state index in [1.807, 2.05) is 0 Å². The van der Waals surface area contributed by atoms with E-state index in [0.717, 1.165) is 6.42 Å². The molecule has 2 heterocycles. The van der Waals surface area contributed by atoms with Crippen molar-refractivity contribution in [3.05, 3.63) is 12.7 Å². The molecule has 0 aromatic rings. The SMILES string of the molecule is C=CCOC(=O)N1CC2(CCC(C(=O)O)OC2)C1. The number of aliphatic carboxylic acids is 1. The number of likely N-dealkylation sites (tertiary alicyclic amines) is 1. The van der Waals surface area contributed by atoms with E-state index in [9.17, 15) is 9.59 Å². The monoisotopic (exact) mass is 255 g/mol. The fourth-order valence-electron chi connectivity index (χ4n) is 2.43. The molecular weight excluding hydrogens is 238 g/mol. The van der Waals surface area contributed by atoms with Gasteiger partial charge in [-0.25, -0.2) is 9.59 Å². The molecule has 2 fully saturated rings. The van der Waals surface area contributed by atoms with Crippen molar-refractivity contribution in [3.63, 3.8) is 0 Å². The van der Waals surface area contributed by atoms with Crippen LogP contribution in [0.5, 0.6) is 0 Å². The second-order valence-electron chi connectivity index (χ2n) is 4.90. The third kappa shape index (κ3) is 2.48. The van der Waals surface area contributed by atoms with Gasteiger partial charge in [-0.05, 0) is 12.8 Å². The van der Waals surface area contributed by atoms with Crippen LogP contribution >= 0.6 is 0 Å². The van der Waals surface area contributed by atoms with Crippen molar-refractivity contribution < 1.29 is 24.2 Å². The lowest BCUT2D eigenvalue weighted by molar-refractivity contribution is -0.168. The Kier molecular flexibility index (Phi) is 3.56. The van der Waals surface area contributed by atoms with Crippen LogP contribution in [0.25, 0.3) is 0 Å². The predicted octanol–water partition coefficient (Wildman–Crippen LogP) is 0.875. The average Bonchev–Trinajstić information content (AvgIpc) is 2.33. The molecule has 2 aliphatic heterocycles. The van der Waals surface area contributed by atoms with Crippen molar-refractivity contribution in [3.8, 4) is 0 Å². The van der Waals surface area contributed by atoms with Gasteiger partial charge in [0.15, 0.2) is 6.10 Å². The lowest BCUT2D eigenvalue weighted by atomic mass is 9.74. The van der Waals surface area contributed by atoms with Crippen LogP contribution in [0.4, 0.5) is 4.79 Å². The summed E-state index contributed by atoms with van der Waals surface area (Å²) in [6.45, 7) is 5.24. The molecule has 0 saturated carbocycles. The largest absolute Gasteiger partial charge is 0.479 e. The molecule has 0 bridgehead atoms. The zero-order valence-corrected chi connectivity index (χ0v) is 10.1. The molecule has 1 atom stereocenters. The minimum atomic E-state index is -0.911. The Balaban J connectivity index is 1.77. The van der Waals surface area contributed by atoms with E-state index in [4.69, 9.17) is 14.6 Å². The van der Waals surface area contributed by atoms with E-state index in [1.54, 1.807) is 4.90 Å². The molecule has 6 nitrogen and oxygen atoms in total. The topological polar surface area (TPSA) is 76.1 Å². The number of amides is 1. The number of carboxylic acids is 1. The Hall–Kier alpha value is -1.56. The van der Waals surface area contributed by atoms with Crippen LogP contribution in [0, 0.1) is 5.41 Å². The maximum absolute atomic E-state index is 11.5. The second-order valence-corrected chi connectivity index (χ2v) is 4.90. The first-order chi connectivity index (χ1) is 8.56. The number of carbonyl (C=O) groups excluding carboxylic acids is 1. The first-order valence-corrected chi connectivity index (χ1v) is 5.93. The van der Waals surface area contributed by atoms with Gasteiger partial charge in [0.1, 0.15) is 6.61 Å². The van der Waals surface area contributed by atoms with Crippen molar-refractivity contribution in [1.29, 1.82) is 0 Å². The molecule has 2 rings (SSSR count). The maximum Gasteiger partial charge on any atom is 0.410 e. The summed E-state index contributed by atoms with van der Waals surface area (Å²) in [5, 5.41) is 8.82. The molecule has 0 aromatic carbocycles. The molecule has 0 aliphatic carbocycles. The van der Waals surface area contributed by atoms with Gasteiger partial charge in [0.25, 0.3) is 0 Å². The molecular formula is C12H17NO5. The lowest BCUT2D eigenvalue weighted by Crippen LogP contribution is -2.62. The number of rotatable bonds is 3. The van der Waals surface area contributed by atoms with E-state index in [0.29, 0.717) is 26.1 Å². The van der Waals surface area contributed by atoms with Crippen molar-refractivity contribution in [2.24, 2.45) is 5.41 Å². The highest BCUT2D eigenvalue weighted by Gasteiger charge is 2.49. The third-order valence-electron chi connectivity index (χ3n) is 3.44. The van der Waals surface area contributed by atoms with Gasteiger partial charge in [0, 0.05) is 18.5 Å². The van der Waals surface area contributed by atoms with Crippen molar-refractivity contribution >= 4 is 12.1 Å². The van der Waals surface area contributed by atoms with Gasteiger partial charge in [0.05, 0.1) is 6.61 Å². The van der Waals surface area contributed by atoms with Crippen molar-refractivity contribution in [1.82, 2.24) is 4.90 Å². The van der Waals surface area contributed by atoms with Gasteiger partial charge in [-0.2, -0.15) is 0 Å². The van der Waals surface area contributed by atoms with Gasteiger partial charge >= 0.3 is 12.1 Å². The van der Waals surface area contributed by atoms with Crippen molar-refractivity contribution in [2.75, 3.05) is 26.3 Å². The zero-order chi connectivity index (χ0) is 13.2. The van der Waals surface area contributed by atoms with Crippen LogP contribution in [-0.4, -0.2) is 54.5 Å². The summed E-state index contributed by atoms with van der Waals surface area (Å²) in [6.07, 6.45) is 1.76. The Morgan fingerprint density at radius 3 is 2.78 bits per heavy atom. The Morgan fingerprint density at radius 2 is 2.28 bits per heavy atom. The fraction of sp³-hybridized carbons (Fsp3) is 0.667. The smallest absolute Gasteiger partial charge is 0.410 e. The summed E-state index contributed by atoms with van der Waals surface area (Å²) in [5.74, 6) is -0.911. The first kappa shape index (κ1) is 12.9. The van der Waals surface area contributed by atoms with Crippen LogP contribution in [0.15, 0.2) is 12.7 Å². The minimum absolute atomic E-state index is 0.0703. The van der Waals surface area contributed by atoms with Crippen LogP contribution < -0.4 is 0 Å². The molecule has 1 unspecified atom stereocenters. The Labute approximate surface area is 105 Å². The van der Waals surface area contributed by atoms with E-state index in [-0.39, 0.29) is 18.1 Å². The predicted molar refractivity (Wildman–Crippen MR) is 62.2 cm³/mol. The summed E-state index contributed by atoms with van der Waals surface area (Å²) in [6, 6.07) is 0.